The van der Waals surface area contributed by atoms with Crippen LogP contribution in [0.5, 0.6) is 0 Å². The van der Waals surface area contributed by atoms with Crippen LogP contribution in [0.15, 0.2) is 47.1 Å². The molecule has 0 amide bonds. The lowest BCUT2D eigenvalue weighted by molar-refractivity contribution is 0.0862. The number of rotatable bonds is 3. The Bertz CT molecular complexity index is 826. The van der Waals surface area contributed by atoms with Crippen molar-refractivity contribution in [3.05, 3.63) is 47.1 Å². The summed E-state index contributed by atoms with van der Waals surface area (Å²) in [7, 11) is 0. The molecule has 2 saturated carbocycles. The van der Waals surface area contributed by atoms with Gasteiger partial charge in [-0.1, -0.05) is 61.6 Å². The van der Waals surface area contributed by atoms with Crippen molar-refractivity contribution in [2.45, 2.75) is 90.4 Å². The molecule has 3 N–H and O–H groups in total. The Morgan fingerprint density at radius 2 is 2.07 bits per heavy atom. The van der Waals surface area contributed by atoms with Gasteiger partial charge in [0.15, 0.2) is 0 Å². The molecule has 0 saturated heterocycles. The zero-order valence-electron chi connectivity index (χ0n) is 19.0. The average Bonchev–Trinajstić information content (AvgIpc) is 3.00. The first-order valence-electron chi connectivity index (χ1n) is 11.4. The minimum Gasteiger partial charge on any atom is -0.393 e. The molecule has 0 aromatic heterocycles. The molecule has 3 nitrogen and oxygen atoms in total. The first-order valence-corrected chi connectivity index (χ1v) is 11.4. The van der Waals surface area contributed by atoms with Crippen LogP contribution in [0.3, 0.4) is 0 Å². The van der Waals surface area contributed by atoms with E-state index in [1.807, 2.05) is 0 Å². The van der Waals surface area contributed by atoms with Crippen molar-refractivity contribution in [2.75, 3.05) is 0 Å². The number of hydrogen-bond donors (Lipinski definition) is 3. The maximum atomic E-state index is 10.1. The molecule has 0 bridgehead atoms. The van der Waals surface area contributed by atoms with Crippen LogP contribution in [0.4, 0.5) is 0 Å². The van der Waals surface area contributed by atoms with Gasteiger partial charge in [-0.25, -0.2) is 0 Å². The highest BCUT2D eigenvalue weighted by molar-refractivity contribution is 5.40. The molecular formula is C27H38O3. The molecule has 0 aromatic carbocycles. The Kier molecular flexibility index (Phi) is 6.82. The summed E-state index contributed by atoms with van der Waals surface area (Å²) >= 11 is 0. The van der Waals surface area contributed by atoms with Crippen LogP contribution in [-0.4, -0.2) is 33.1 Å². The van der Waals surface area contributed by atoms with Gasteiger partial charge in [-0.2, -0.15) is 0 Å². The third kappa shape index (κ3) is 4.99. The fourth-order valence-electron chi connectivity index (χ4n) is 5.61. The molecule has 0 aliphatic heterocycles. The van der Waals surface area contributed by atoms with Crippen LogP contribution < -0.4 is 0 Å². The minimum absolute atomic E-state index is 0.168. The largest absolute Gasteiger partial charge is 0.393 e. The van der Waals surface area contributed by atoms with Crippen LogP contribution in [0, 0.1) is 29.1 Å². The zero-order chi connectivity index (χ0) is 22.1. The molecule has 0 aromatic rings. The van der Waals surface area contributed by atoms with Crippen molar-refractivity contribution in [1.29, 1.82) is 0 Å². The molecule has 5 atom stereocenters. The van der Waals surface area contributed by atoms with E-state index in [2.05, 4.69) is 50.5 Å². The molecule has 2 unspecified atom stereocenters. The summed E-state index contributed by atoms with van der Waals surface area (Å²) in [4.78, 5) is 0. The predicted octanol–water partition coefficient (Wildman–Crippen LogP) is 4.85. The first kappa shape index (κ1) is 23.1. The second kappa shape index (κ2) is 8.87. The summed E-state index contributed by atoms with van der Waals surface area (Å²) in [6, 6.07) is 0. The molecule has 3 aliphatic rings. The summed E-state index contributed by atoms with van der Waals surface area (Å²) in [5.41, 5.74) is 3.95. The summed E-state index contributed by atoms with van der Waals surface area (Å²) in [6.07, 6.45) is 11.9. The average molecular weight is 411 g/mol. The van der Waals surface area contributed by atoms with Gasteiger partial charge >= 0.3 is 0 Å². The van der Waals surface area contributed by atoms with Gasteiger partial charge in [0.25, 0.3) is 0 Å². The van der Waals surface area contributed by atoms with E-state index < -0.39 is 17.8 Å². The Morgan fingerprint density at radius 1 is 1.33 bits per heavy atom. The van der Waals surface area contributed by atoms with Gasteiger partial charge in [0.1, 0.15) is 5.60 Å². The van der Waals surface area contributed by atoms with Crippen molar-refractivity contribution in [1.82, 2.24) is 0 Å². The fourth-order valence-corrected chi connectivity index (χ4v) is 5.61. The normalized spacial score (nSPS) is 35.6. The van der Waals surface area contributed by atoms with Gasteiger partial charge in [0, 0.05) is 12.8 Å². The number of fused-ring (bicyclic) bond motifs is 1. The number of aliphatic hydroxyl groups is 3. The third-order valence-electron chi connectivity index (χ3n) is 7.21. The highest BCUT2D eigenvalue weighted by Crippen LogP contribution is 2.56. The van der Waals surface area contributed by atoms with Gasteiger partial charge in [-0.05, 0) is 74.3 Å². The van der Waals surface area contributed by atoms with Crippen LogP contribution in [0.25, 0.3) is 0 Å². The Hall–Kier alpha value is -1.60. The lowest BCUT2D eigenvalue weighted by Gasteiger charge is -2.42. The van der Waals surface area contributed by atoms with E-state index in [0.717, 1.165) is 30.4 Å². The third-order valence-corrected chi connectivity index (χ3v) is 7.21. The fraction of sp³-hybridized carbons (Fsp3) is 0.630. The lowest BCUT2D eigenvalue weighted by Crippen LogP contribution is -2.32. The maximum Gasteiger partial charge on any atom is 0.119 e. The molecule has 0 heterocycles. The van der Waals surface area contributed by atoms with Crippen molar-refractivity contribution in [3.63, 3.8) is 0 Å². The van der Waals surface area contributed by atoms with E-state index in [-0.39, 0.29) is 5.41 Å². The predicted molar refractivity (Wildman–Crippen MR) is 123 cm³/mol. The smallest absolute Gasteiger partial charge is 0.119 e. The Morgan fingerprint density at radius 3 is 2.77 bits per heavy atom. The molecule has 3 heteroatoms. The topological polar surface area (TPSA) is 60.7 Å². The van der Waals surface area contributed by atoms with E-state index in [9.17, 15) is 15.3 Å². The summed E-state index contributed by atoms with van der Waals surface area (Å²) in [5, 5.41) is 30.0. The maximum absolute atomic E-state index is 10.1. The molecule has 0 spiro atoms. The first-order chi connectivity index (χ1) is 14.0. The quantitative estimate of drug-likeness (QED) is 0.460. The molecule has 3 rings (SSSR count). The second-order valence-electron chi connectivity index (χ2n) is 10.3. The molecule has 164 valence electrons. The van der Waals surface area contributed by atoms with Gasteiger partial charge < -0.3 is 15.3 Å². The number of hydrogen-bond acceptors (Lipinski definition) is 3. The Balaban J connectivity index is 1.76. The van der Waals surface area contributed by atoms with Crippen molar-refractivity contribution >= 4 is 0 Å². The van der Waals surface area contributed by atoms with E-state index >= 15 is 0 Å². The van der Waals surface area contributed by atoms with E-state index in [1.54, 1.807) is 13.8 Å². The van der Waals surface area contributed by atoms with Crippen LogP contribution in [-0.2, 0) is 0 Å². The van der Waals surface area contributed by atoms with Crippen LogP contribution >= 0.6 is 0 Å². The summed E-state index contributed by atoms with van der Waals surface area (Å²) in [5.74, 6) is 7.03. The van der Waals surface area contributed by atoms with Crippen molar-refractivity contribution in [3.8, 4) is 11.8 Å². The van der Waals surface area contributed by atoms with E-state index in [1.165, 1.54) is 24.0 Å². The van der Waals surface area contributed by atoms with Crippen LogP contribution in [0.1, 0.15) is 72.6 Å². The van der Waals surface area contributed by atoms with Gasteiger partial charge in [0.05, 0.1) is 12.2 Å². The standard InChI is InChI=1S/C27H38O3/c1-18(8-6-14-26(3,4)30)23-12-13-24-20(9-7-15-27(23,24)5)10-11-21-16-22(28)17-25(29)19(21)2/h10-12,18,22,24-25,28-30H,2,7-9,13,15-17H2,1,3-5H3/b20-10+,21-11-/t18-,22+,24?,25+,27?/m1/s1. The SMILES string of the molecule is C=C1/C(=C\C=C2/CCCC3(C)C([C@H](C)CC#CC(C)(C)O)=CCC23)C[C@H](O)C[C@@H]1O. The van der Waals surface area contributed by atoms with Crippen molar-refractivity contribution in [2.24, 2.45) is 17.3 Å². The number of aliphatic hydroxyl groups excluding tert-OH is 2. The van der Waals surface area contributed by atoms with E-state index in [0.29, 0.717) is 24.7 Å². The summed E-state index contributed by atoms with van der Waals surface area (Å²) in [6.45, 7) is 12.1. The highest BCUT2D eigenvalue weighted by Gasteiger charge is 2.45. The van der Waals surface area contributed by atoms with Gasteiger partial charge in [0.2, 0.25) is 0 Å². The molecular weight excluding hydrogens is 372 g/mol. The molecule has 3 aliphatic carbocycles. The Labute approximate surface area is 182 Å². The minimum atomic E-state index is -0.936. The monoisotopic (exact) mass is 410 g/mol. The van der Waals surface area contributed by atoms with E-state index in [4.69, 9.17) is 0 Å². The summed E-state index contributed by atoms with van der Waals surface area (Å²) < 4.78 is 0. The molecule has 0 radical (unpaired) electrons. The zero-order valence-corrected chi connectivity index (χ0v) is 19.0. The molecule has 2 fully saturated rings. The number of allylic oxidation sites excluding steroid dienone is 5. The van der Waals surface area contributed by atoms with Crippen LogP contribution in [0.2, 0.25) is 0 Å². The van der Waals surface area contributed by atoms with Gasteiger partial charge in [-0.3, -0.25) is 0 Å². The second-order valence-corrected chi connectivity index (χ2v) is 10.3. The van der Waals surface area contributed by atoms with Gasteiger partial charge in [-0.15, -0.1) is 0 Å². The highest BCUT2D eigenvalue weighted by atomic mass is 16.3. The lowest BCUT2D eigenvalue weighted by atomic mass is 9.62. The van der Waals surface area contributed by atoms with Crippen molar-refractivity contribution < 1.29 is 15.3 Å². The molecule has 30 heavy (non-hydrogen) atoms.